The van der Waals surface area contributed by atoms with Crippen molar-refractivity contribution < 1.29 is 24.2 Å². The zero-order valence-corrected chi connectivity index (χ0v) is 25.0. The number of aromatic hydroxyl groups is 1. The molecule has 0 spiro atoms. The Morgan fingerprint density at radius 3 is 2.46 bits per heavy atom. The van der Waals surface area contributed by atoms with Crippen molar-refractivity contribution >= 4 is 17.8 Å². The number of hydrogen-bond acceptors (Lipinski definition) is 9. The monoisotopic (exact) mass is 618 g/mol. The summed E-state index contributed by atoms with van der Waals surface area (Å²) >= 11 is 0. The van der Waals surface area contributed by atoms with E-state index >= 15 is 0 Å². The van der Waals surface area contributed by atoms with Gasteiger partial charge < -0.3 is 20.1 Å². The molecule has 0 atom stereocenters. The van der Waals surface area contributed by atoms with Crippen LogP contribution in [0.3, 0.4) is 0 Å². The number of aromatic nitrogens is 1. The Hall–Kier alpha value is -5.75. The predicted molar refractivity (Wildman–Crippen MR) is 170 cm³/mol. The second-order valence-corrected chi connectivity index (χ2v) is 10.7. The number of carbonyl (C=O) groups excluding carboxylic acids is 1. The van der Waals surface area contributed by atoms with Crippen LogP contribution in [0.1, 0.15) is 35.1 Å². The summed E-state index contributed by atoms with van der Waals surface area (Å²) in [6, 6.07) is 21.2. The summed E-state index contributed by atoms with van der Waals surface area (Å²) in [7, 11) is 1.45. The summed E-state index contributed by atoms with van der Waals surface area (Å²) in [5, 5.41) is 42.4. The van der Waals surface area contributed by atoms with E-state index in [0.29, 0.717) is 47.7 Å². The van der Waals surface area contributed by atoms with Crippen molar-refractivity contribution in [1.82, 2.24) is 15.8 Å². The molecule has 5 rings (SSSR count). The van der Waals surface area contributed by atoms with E-state index in [-0.39, 0.29) is 28.7 Å². The highest BCUT2D eigenvalue weighted by Gasteiger charge is 2.26. The van der Waals surface area contributed by atoms with Crippen molar-refractivity contribution in [3.63, 3.8) is 0 Å². The Morgan fingerprint density at radius 1 is 1.09 bits per heavy atom. The Labute approximate surface area is 265 Å². The van der Waals surface area contributed by atoms with Crippen molar-refractivity contribution in [2.75, 3.05) is 25.1 Å². The lowest BCUT2D eigenvalue weighted by Crippen LogP contribution is -2.42. The normalized spacial score (nSPS) is 13.3. The summed E-state index contributed by atoms with van der Waals surface area (Å²) in [5.41, 5.74) is 5.60. The first-order valence-corrected chi connectivity index (χ1v) is 14.5. The number of nitriles is 2. The molecule has 46 heavy (non-hydrogen) atoms. The first kappa shape index (κ1) is 31.7. The van der Waals surface area contributed by atoms with Gasteiger partial charge in [0.15, 0.2) is 11.5 Å². The molecule has 4 aromatic rings. The maximum absolute atomic E-state index is 14.8. The standard InChI is InChI=1S/C35H31FN6O4/c1-46-32-10-9-24(17-31(32)43)29-21-40-35(28(19-38)34(29)25-7-8-26(18-37)30(36)16-25)42-14-12-27(13-15-42)39-20-23-4-2-22(3-5-23)6-11-33(44)41-45/h2-11,16-17,21,27,39,43,45H,12-15,20H2,1H3,(H,41,44)/b11-6+. The zero-order valence-electron chi connectivity index (χ0n) is 25.0. The second kappa shape index (κ2) is 14.4. The molecule has 4 N–H and O–H groups in total. The third kappa shape index (κ3) is 6.97. The molecule has 1 aliphatic rings. The third-order valence-electron chi connectivity index (χ3n) is 7.95. The van der Waals surface area contributed by atoms with Gasteiger partial charge in [0.1, 0.15) is 29.3 Å². The lowest BCUT2D eigenvalue weighted by Gasteiger charge is -2.34. The minimum Gasteiger partial charge on any atom is -0.504 e. The van der Waals surface area contributed by atoms with Gasteiger partial charge in [-0.1, -0.05) is 36.4 Å². The van der Waals surface area contributed by atoms with Gasteiger partial charge >= 0.3 is 0 Å². The highest BCUT2D eigenvalue weighted by atomic mass is 19.1. The molecular formula is C35H31FN6O4. The predicted octanol–water partition coefficient (Wildman–Crippen LogP) is 5.29. The Morgan fingerprint density at radius 2 is 1.83 bits per heavy atom. The number of phenolic OH excluding ortho intramolecular Hbond substituents is 1. The first-order chi connectivity index (χ1) is 22.3. The van der Waals surface area contributed by atoms with Gasteiger partial charge in [-0.3, -0.25) is 10.0 Å². The molecule has 0 unspecified atom stereocenters. The number of benzene rings is 3. The van der Waals surface area contributed by atoms with E-state index < -0.39 is 11.7 Å². The van der Waals surface area contributed by atoms with Crippen LogP contribution in [0.15, 0.2) is 72.9 Å². The fraction of sp³-hybridized carbons (Fsp3) is 0.200. The Kier molecular flexibility index (Phi) is 9.88. The molecule has 1 fully saturated rings. The highest BCUT2D eigenvalue weighted by Crippen LogP contribution is 2.41. The SMILES string of the molecule is COc1ccc(-c2cnc(N3CCC(NCc4ccc(/C=C/C(=O)NO)cc4)CC3)c(C#N)c2-c2ccc(C#N)c(F)c2)cc1O. The number of nitrogens with zero attached hydrogens (tertiary/aromatic N) is 4. The van der Waals surface area contributed by atoms with E-state index in [1.165, 1.54) is 31.4 Å². The second-order valence-electron chi connectivity index (χ2n) is 10.7. The number of carbonyl (C=O) groups is 1. The fourth-order valence-corrected chi connectivity index (χ4v) is 5.50. The molecule has 232 valence electrons. The minimum atomic E-state index is -0.696. The van der Waals surface area contributed by atoms with E-state index in [1.807, 2.05) is 30.3 Å². The Balaban J connectivity index is 1.36. The number of phenols is 1. The van der Waals surface area contributed by atoms with Crippen molar-refractivity contribution in [3.05, 3.63) is 101 Å². The lowest BCUT2D eigenvalue weighted by molar-refractivity contribution is -0.124. The average molecular weight is 619 g/mol. The van der Waals surface area contributed by atoms with E-state index in [4.69, 9.17) is 14.9 Å². The molecule has 0 bridgehead atoms. The number of hydroxylamine groups is 1. The van der Waals surface area contributed by atoms with E-state index in [1.54, 1.807) is 36.0 Å². The Bertz CT molecular complexity index is 1860. The number of hydrogen-bond donors (Lipinski definition) is 4. The number of halogens is 1. The fourth-order valence-electron chi connectivity index (χ4n) is 5.50. The van der Waals surface area contributed by atoms with Crippen molar-refractivity contribution in [2.45, 2.75) is 25.4 Å². The largest absolute Gasteiger partial charge is 0.504 e. The summed E-state index contributed by atoms with van der Waals surface area (Å²) in [5.74, 6) is -0.607. The lowest BCUT2D eigenvalue weighted by atomic mass is 9.91. The number of methoxy groups -OCH3 is 1. The summed E-state index contributed by atoms with van der Waals surface area (Å²) < 4.78 is 20.0. The van der Waals surface area contributed by atoms with Crippen LogP contribution >= 0.6 is 0 Å². The summed E-state index contributed by atoms with van der Waals surface area (Å²) in [6.45, 7) is 1.94. The molecule has 3 aromatic carbocycles. The highest BCUT2D eigenvalue weighted by molar-refractivity contribution is 5.91. The maximum atomic E-state index is 14.8. The topological polar surface area (TPSA) is 155 Å². The van der Waals surface area contributed by atoms with Gasteiger partial charge in [-0.05, 0) is 65.4 Å². The van der Waals surface area contributed by atoms with Gasteiger partial charge in [0.05, 0.1) is 12.7 Å². The van der Waals surface area contributed by atoms with Crippen LogP contribution in [0.2, 0.25) is 0 Å². The first-order valence-electron chi connectivity index (χ1n) is 14.5. The quantitative estimate of drug-likeness (QED) is 0.111. The summed E-state index contributed by atoms with van der Waals surface area (Å²) in [6.07, 6.45) is 6.09. The van der Waals surface area contributed by atoms with Gasteiger partial charge in [0.2, 0.25) is 0 Å². The van der Waals surface area contributed by atoms with Crippen LogP contribution in [0.5, 0.6) is 11.5 Å². The van der Waals surface area contributed by atoms with Crippen LogP contribution in [0.4, 0.5) is 10.2 Å². The molecule has 2 heterocycles. The molecule has 0 radical (unpaired) electrons. The van der Waals surface area contributed by atoms with Crippen molar-refractivity contribution in [3.8, 4) is 45.9 Å². The molecule has 10 nitrogen and oxygen atoms in total. The van der Waals surface area contributed by atoms with E-state index in [0.717, 1.165) is 24.0 Å². The average Bonchev–Trinajstić information content (AvgIpc) is 3.09. The molecule has 0 aliphatic carbocycles. The minimum absolute atomic E-state index is 0.0889. The third-order valence-corrected chi connectivity index (χ3v) is 7.95. The molecule has 0 saturated carbocycles. The van der Waals surface area contributed by atoms with Gasteiger partial charge in [-0.2, -0.15) is 10.5 Å². The van der Waals surface area contributed by atoms with Crippen LogP contribution in [-0.2, 0) is 11.3 Å². The van der Waals surface area contributed by atoms with E-state index in [2.05, 4.69) is 16.3 Å². The number of ether oxygens (including phenoxy) is 1. The van der Waals surface area contributed by atoms with E-state index in [9.17, 15) is 24.8 Å². The number of pyridine rings is 1. The summed E-state index contributed by atoms with van der Waals surface area (Å²) in [4.78, 5) is 17.9. The number of piperidine rings is 1. The molecular weight excluding hydrogens is 587 g/mol. The maximum Gasteiger partial charge on any atom is 0.267 e. The number of nitrogens with one attached hydrogen (secondary N) is 2. The smallest absolute Gasteiger partial charge is 0.267 e. The van der Waals surface area contributed by atoms with Crippen molar-refractivity contribution in [1.29, 1.82) is 10.5 Å². The molecule has 1 aromatic heterocycles. The zero-order chi connectivity index (χ0) is 32.6. The number of anilines is 1. The van der Waals surface area contributed by atoms with Crippen LogP contribution in [-0.4, -0.2) is 47.4 Å². The molecule has 1 amide bonds. The van der Waals surface area contributed by atoms with Gasteiger partial charge in [0, 0.05) is 49.1 Å². The van der Waals surface area contributed by atoms with Crippen LogP contribution in [0.25, 0.3) is 28.3 Å². The van der Waals surface area contributed by atoms with Gasteiger partial charge in [-0.25, -0.2) is 14.9 Å². The number of rotatable bonds is 9. The van der Waals surface area contributed by atoms with Crippen LogP contribution < -0.4 is 20.4 Å². The molecule has 11 heteroatoms. The molecule has 1 saturated heterocycles. The van der Waals surface area contributed by atoms with Crippen molar-refractivity contribution in [2.24, 2.45) is 0 Å². The number of amides is 1. The molecule has 1 aliphatic heterocycles. The van der Waals surface area contributed by atoms with Gasteiger partial charge in [-0.15, -0.1) is 0 Å². The van der Waals surface area contributed by atoms with Gasteiger partial charge in [0.25, 0.3) is 5.91 Å². The van der Waals surface area contributed by atoms with Crippen LogP contribution in [0, 0.1) is 28.5 Å².